The number of urea groups is 1. The van der Waals surface area contributed by atoms with Gasteiger partial charge in [-0.3, -0.25) is 0 Å². The summed E-state index contributed by atoms with van der Waals surface area (Å²) >= 11 is 0. The number of amides is 2. The number of likely N-dealkylation sites (tertiary alicyclic amines) is 1. The van der Waals surface area contributed by atoms with Gasteiger partial charge in [-0.2, -0.15) is 0 Å². The molecule has 6 heteroatoms. The van der Waals surface area contributed by atoms with E-state index in [1.54, 1.807) is 0 Å². The minimum atomic E-state index is -0.980. The molecule has 0 aromatic rings. The third kappa shape index (κ3) is 4.67. The van der Waals surface area contributed by atoms with Crippen LogP contribution in [0, 0.1) is 5.92 Å². The van der Waals surface area contributed by atoms with E-state index in [1.807, 2.05) is 13.8 Å². The van der Waals surface area contributed by atoms with E-state index >= 15 is 0 Å². The molecule has 0 bridgehead atoms. The van der Waals surface area contributed by atoms with Crippen LogP contribution in [-0.2, 0) is 4.79 Å². The highest BCUT2D eigenvalue weighted by Crippen LogP contribution is 2.15. The fourth-order valence-corrected chi connectivity index (χ4v) is 2.47. The largest absolute Gasteiger partial charge is 0.480 e. The lowest BCUT2D eigenvalue weighted by atomic mass is 9.98. The van der Waals surface area contributed by atoms with E-state index in [0.717, 1.165) is 19.4 Å². The van der Waals surface area contributed by atoms with Crippen molar-refractivity contribution in [3.05, 3.63) is 0 Å². The Morgan fingerprint density at radius 1 is 1.45 bits per heavy atom. The summed E-state index contributed by atoms with van der Waals surface area (Å²) in [6.45, 7) is 6.82. The summed E-state index contributed by atoms with van der Waals surface area (Å²) in [6, 6.07) is -0.658. The number of carboxylic acids is 1. The molecule has 0 radical (unpaired) electrons. The maximum Gasteiger partial charge on any atom is 0.326 e. The monoisotopic (exact) mass is 285 g/mol. The Labute approximate surface area is 120 Å². The van der Waals surface area contributed by atoms with Gasteiger partial charge in [0.25, 0.3) is 0 Å². The molecule has 0 aromatic heterocycles. The molecular weight excluding hydrogens is 258 g/mol. The summed E-state index contributed by atoms with van der Waals surface area (Å²) in [5.74, 6) is -1.07. The lowest BCUT2D eigenvalue weighted by Crippen LogP contribution is -2.54. The van der Waals surface area contributed by atoms with Crippen LogP contribution in [0.1, 0.15) is 40.0 Å². The quantitative estimate of drug-likeness (QED) is 0.710. The van der Waals surface area contributed by atoms with E-state index in [2.05, 4.69) is 29.5 Å². The van der Waals surface area contributed by atoms with Crippen molar-refractivity contribution in [2.24, 2.45) is 5.92 Å². The summed E-state index contributed by atoms with van der Waals surface area (Å²) in [5, 5.41) is 14.6. The molecule has 4 atom stereocenters. The Kier molecular flexibility index (Phi) is 6.26. The van der Waals surface area contributed by atoms with Gasteiger partial charge >= 0.3 is 12.0 Å². The molecule has 0 spiro atoms. The predicted molar refractivity (Wildman–Crippen MR) is 77.7 cm³/mol. The first-order chi connectivity index (χ1) is 9.35. The van der Waals surface area contributed by atoms with E-state index in [4.69, 9.17) is 5.11 Å². The van der Waals surface area contributed by atoms with Crippen LogP contribution in [0.25, 0.3) is 0 Å². The van der Waals surface area contributed by atoms with Crippen LogP contribution < -0.4 is 10.6 Å². The highest BCUT2D eigenvalue weighted by Gasteiger charge is 2.28. The fraction of sp³-hybridized carbons (Fsp3) is 0.857. The van der Waals surface area contributed by atoms with Crippen LogP contribution >= 0.6 is 0 Å². The number of nitrogens with one attached hydrogen (secondary N) is 2. The highest BCUT2D eigenvalue weighted by atomic mass is 16.4. The second kappa shape index (κ2) is 7.47. The number of hydrogen-bond donors (Lipinski definition) is 3. The Bertz CT molecular complexity index is 349. The van der Waals surface area contributed by atoms with Crippen LogP contribution in [0.4, 0.5) is 4.79 Å². The van der Waals surface area contributed by atoms with Crippen LogP contribution in [-0.4, -0.2) is 53.7 Å². The summed E-state index contributed by atoms with van der Waals surface area (Å²) in [6.07, 6.45) is 2.50. The zero-order valence-corrected chi connectivity index (χ0v) is 12.8. The molecule has 2 amide bonds. The van der Waals surface area contributed by atoms with Gasteiger partial charge in [0.1, 0.15) is 6.04 Å². The molecule has 116 valence electrons. The van der Waals surface area contributed by atoms with Gasteiger partial charge in [-0.1, -0.05) is 20.3 Å². The number of hydrogen-bond acceptors (Lipinski definition) is 3. The second-order valence-electron chi connectivity index (χ2n) is 5.87. The van der Waals surface area contributed by atoms with Gasteiger partial charge in [0.2, 0.25) is 0 Å². The molecule has 20 heavy (non-hydrogen) atoms. The van der Waals surface area contributed by atoms with E-state index in [0.29, 0.717) is 12.5 Å². The first-order valence-electron chi connectivity index (χ1n) is 7.35. The van der Waals surface area contributed by atoms with Crippen molar-refractivity contribution in [2.45, 2.75) is 58.2 Å². The summed E-state index contributed by atoms with van der Waals surface area (Å²) in [5.41, 5.74) is 0. The molecule has 1 fully saturated rings. The molecule has 0 aromatic carbocycles. The van der Waals surface area contributed by atoms with Crippen molar-refractivity contribution in [2.75, 3.05) is 13.6 Å². The molecule has 6 nitrogen and oxygen atoms in total. The molecule has 1 aliphatic heterocycles. The van der Waals surface area contributed by atoms with Crippen LogP contribution in [0.3, 0.4) is 0 Å². The van der Waals surface area contributed by atoms with Crippen molar-refractivity contribution >= 4 is 12.0 Å². The van der Waals surface area contributed by atoms with Crippen LogP contribution in [0.2, 0.25) is 0 Å². The van der Waals surface area contributed by atoms with Crippen molar-refractivity contribution in [3.8, 4) is 0 Å². The van der Waals surface area contributed by atoms with Gasteiger partial charge in [-0.15, -0.1) is 0 Å². The molecular formula is C14H27N3O3. The Morgan fingerprint density at radius 3 is 2.60 bits per heavy atom. The van der Waals surface area contributed by atoms with Crippen molar-refractivity contribution in [1.29, 1.82) is 0 Å². The lowest BCUT2D eigenvalue weighted by molar-refractivity contribution is -0.140. The third-order valence-corrected chi connectivity index (χ3v) is 4.31. The summed E-state index contributed by atoms with van der Waals surface area (Å²) in [4.78, 5) is 25.4. The number of piperidine rings is 1. The molecule has 0 aliphatic carbocycles. The SMILES string of the molecule is CCC(C)C(NC(=O)NC1CCN(C)C(C)C1)C(=O)O. The molecule has 1 rings (SSSR count). The molecule has 1 aliphatic rings. The Balaban J connectivity index is 2.48. The lowest BCUT2D eigenvalue weighted by Gasteiger charge is -2.35. The van der Waals surface area contributed by atoms with Crippen LogP contribution in [0.5, 0.6) is 0 Å². The van der Waals surface area contributed by atoms with Crippen molar-refractivity contribution in [3.63, 3.8) is 0 Å². The van der Waals surface area contributed by atoms with E-state index in [-0.39, 0.29) is 18.0 Å². The maximum atomic E-state index is 11.9. The van der Waals surface area contributed by atoms with Gasteiger partial charge in [0.15, 0.2) is 0 Å². The molecule has 4 unspecified atom stereocenters. The van der Waals surface area contributed by atoms with E-state index in [1.165, 1.54) is 0 Å². The number of aliphatic carboxylic acids is 1. The van der Waals surface area contributed by atoms with Gasteiger partial charge in [-0.25, -0.2) is 9.59 Å². The number of carbonyl (C=O) groups is 2. The van der Waals surface area contributed by atoms with Crippen LogP contribution in [0.15, 0.2) is 0 Å². The zero-order chi connectivity index (χ0) is 15.3. The topological polar surface area (TPSA) is 81.7 Å². The number of carbonyl (C=O) groups excluding carboxylic acids is 1. The first kappa shape index (κ1) is 16.8. The van der Waals surface area contributed by atoms with E-state index < -0.39 is 12.0 Å². The van der Waals surface area contributed by atoms with E-state index in [9.17, 15) is 9.59 Å². The molecule has 0 saturated carbocycles. The van der Waals surface area contributed by atoms with Crippen molar-refractivity contribution in [1.82, 2.24) is 15.5 Å². The molecule has 1 heterocycles. The standard InChI is InChI=1S/C14H27N3O3/c1-5-9(2)12(13(18)19)16-14(20)15-11-6-7-17(4)10(3)8-11/h9-12H,5-8H2,1-4H3,(H,18,19)(H2,15,16,20). The van der Waals surface area contributed by atoms with Gasteiger partial charge in [0.05, 0.1) is 0 Å². The van der Waals surface area contributed by atoms with Gasteiger partial charge in [-0.05, 0) is 32.7 Å². The predicted octanol–water partition coefficient (Wildman–Crippen LogP) is 1.27. The summed E-state index contributed by atoms with van der Waals surface area (Å²) in [7, 11) is 2.07. The number of rotatable bonds is 5. The Morgan fingerprint density at radius 2 is 2.10 bits per heavy atom. The minimum absolute atomic E-state index is 0.0883. The molecule has 3 N–H and O–H groups in total. The zero-order valence-electron chi connectivity index (χ0n) is 12.8. The first-order valence-corrected chi connectivity index (χ1v) is 7.35. The Hall–Kier alpha value is -1.30. The smallest absolute Gasteiger partial charge is 0.326 e. The van der Waals surface area contributed by atoms with Gasteiger partial charge < -0.3 is 20.6 Å². The fourth-order valence-electron chi connectivity index (χ4n) is 2.47. The normalized spacial score (nSPS) is 26.6. The van der Waals surface area contributed by atoms with Crippen molar-refractivity contribution < 1.29 is 14.7 Å². The molecule has 1 saturated heterocycles. The average Bonchev–Trinajstić information content (AvgIpc) is 2.39. The summed E-state index contributed by atoms with van der Waals surface area (Å²) < 4.78 is 0. The second-order valence-corrected chi connectivity index (χ2v) is 5.87. The number of carboxylic acid groups (broad SMARTS) is 1. The average molecular weight is 285 g/mol. The third-order valence-electron chi connectivity index (χ3n) is 4.31. The minimum Gasteiger partial charge on any atom is -0.480 e. The highest BCUT2D eigenvalue weighted by molar-refractivity contribution is 5.82. The maximum absolute atomic E-state index is 11.9. The number of nitrogens with zero attached hydrogens (tertiary/aromatic N) is 1. The van der Waals surface area contributed by atoms with Gasteiger partial charge in [0, 0.05) is 18.6 Å².